The third-order valence-electron chi connectivity index (χ3n) is 5.02. The summed E-state index contributed by atoms with van der Waals surface area (Å²) in [4.78, 5) is 11.2. The Labute approximate surface area is 183 Å². The maximum Gasteiger partial charge on any atom is 0.416 e. The highest BCUT2D eigenvalue weighted by Gasteiger charge is 2.30. The molecule has 0 aromatic heterocycles. The summed E-state index contributed by atoms with van der Waals surface area (Å²) >= 11 is 0. The first-order valence-corrected chi connectivity index (χ1v) is 11.0. The fourth-order valence-electron chi connectivity index (χ4n) is 3.28. The van der Waals surface area contributed by atoms with Gasteiger partial charge in [0.15, 0.2) is 0 Å². The topological polar surface area (TPSA) is 74.7 Å². The van der Waals surface area contributed by atoms with Gasteiger partial charge in [-0.25, -0.2) is 13.2 Å². The van der Waals surface area contributed by atoms with Crippen molar-refractivity contribution in [2.45, 2.75) is 24.9 Å². The van der Waals surface area contributed by atoms with Crippen LogP contribution in [0.5, 0.6) is 0 Å². The molecule has 1 N–H and O–H groups in total. The second-order valence-electron chi connectivity index (χ2n) is 7.07. The van der Waals surface area contributed by atoms with Gasteiger partial charge in [0, 0.05) is 6.54 Å². The van der Waals surface area contributed by atoms with Crippen LogP contribution in [0.25, 0.3) is 11.1 Å². The average Bonchev–Trinajstić information content (AvgIpc) is 2.74. The van der Waals surface area contributed by atoms with Crippen molar-refractivity contribution in [2.75, 3.05) is 10.8 Å². The molecule has 3 rings (SSSR count). The summed E-state index contributed by atoms with van der Waals surface area (Å²) in [5.74, 6) is -1.22. The minimum Gasteiger partial charge on any atom is -0.478 e. The highest BCUT2D eigenvalue weighted by Crippen LogP contribution is 2.32. The molecular formula is C23H20F3NO4S. The van der Waals surface area contributed by atoms with Crippen LogP contribution in [-0.4, -0.2) is 26.0 Å². The van der Waals surface area contributed by atoms with E-state index in [1.54, 1.807) is 38.1 Å². The van der Waals surface area contributed by atoms with Crippen molar-refractivity contribution in [1.82, 2.24) is 0 Å². The highest BCUT2D eigenvalue weighted by molar-refractivity contribution is 7.92. The lowest BCUT2D eigenvalue weighted by atomic mass is 10.0. The van der Waals surface area contributed by atoms with Crippen LogP contribution in [0.3, 0.4) is 0 Å². The molecule has 0 spiro atoms. The number of aryl methyl sites for hydroxylation is 1. The van der Waals surface area contributed by atoms with E-state index in [0.717, 1.165) is 22.5 Å². The van der Waals surface area contributed by atoms with E-state index in [4.69, 9.17) is 0 Å². The van der Waals surface area contributed by atoms with Gasteiger partial charge in [0.2, 0.25) is 0 Å². The van der Waals surface area contributed by atoms with Gasteiger partial charge >= 0.3 is 12.1 Å². The van der Waals surface area contributed by atoms with Crippen molar-refractivity contribution in [2.24, 2.45) is 0 Å². The van der Waals surface area contributed by atoms with Gasteiger partial charge in [-0.2, -0.15) is 13.2 Å². The number of carbonyl (C=O) groups is 1. The molecule has 0 fully saturated rings. The fourth-order valence-corrected chi connectivity index (χ4v) is 4.78. The zero-order valence-corrected chi connectivity index (χ0v) is 18.0. The Morgan fingerprint density at radius 2 is 1.47 bits per heavy atom. The number of benzene rings is 3. The van der Waals surface area contributed by atoms with Gasteiger partial charge in [-0.1, -0.05) is 30.3 Å². The maximum atomic E-state index is 13.2. The number of alkyl halides is 3. The van der Waals surface area contributed by atoms with Crippen LogP contribution < -0.4 is 4.31 Å². The Kier molecular flexibility index (Phi) is 6.32. The SMILES string of the molecule is CCN(c1ccc(-c2ccc(C(F)(F)F)cc2)cc1)S(=O)(=O)c1ccc(C)c(C(=O)O)c1. The summed E-state index contributed by atoms with van der Waals surface area (Å²) in [7, 11) is -4.03. The number of rotatable bonds is 6. The molecule has 0 unspecified atom stereocenters. The van der Waals surface area contributed by atoms with E-state index in [1.807, 2.05) is 0 Å². The summed E-state index contributed by atoms with van der Waals surface area (Å²) < 4.78 is 65.7. The smallest absolute Gasteiger partial charge is 0.416 e. The third kappa shape index (κ3) is 4.62. The molecule has 168 valence electrons. The average molecular weight is 463 g/mol. The summed E-state index contributed by atoms with van der Waals surface area (Å²) in [5.41, 5.74) is 1.13. The van der Waals surface area contributed by atoms with Gasteiger partial charge < -0.3 is 5.11 Å². The number of aromatic carboxylic acids is 1. The lowest BCUT2D eigenvalue weighted by molar-refractivity contribution is -0.137. The van der Waals surface area contributed by atoms with Crippen LogP contribution in [-0.2, 0) is 16.2 Å². The van der Waals surface area contributed by atoms with Crippen molar-refractivity contribution in [1.29, 1.82) is 0 Å². The number of hydrogen-bond donors (Lipinski definition) is 1. The number of hydrogen-bond acceptors (Lipinski definition) is 3. The van der Waals surface area contributed by atoms with E-state index in [1.165, 1.54) is 24.3 Å². The third-order valence-corrected chi connectivity index (χ3v) is 6.91. The van der Waals surface area contributed by atoms with Crippen LogP contribution in [0.2, 0.25) is 0 Å². The number of anilines is 1. The summed E-state index contributed by atoms with van der Waals surface area (Å²) in [6, 6.07) is 15.0. The van der Waals surface area contributed by atoms with E-state index in [0.29, 0.717) is 22.4 Å². The van der Waals surface area contributed by atoms with E-state index >= 15 is 0 Å². The molecule has 3 aromatic rings. The van der Waals surface area contributed by atoms with Gasteiger partial charge in [0.1, 0.15) is 0 Å². The van der Waals surface area contributed by atoms with Crippen LogP contribution in [0, 0.1) is 6.92 Å². The molecule has 0 aliphatic carbocycles. The van der Waals surface area contributed by atoms with Crippen LogP contribution in [0.15, 0.2) is 71.6 Å². The largest absolute Gasteiger partial charge is 0.478 e. The van der Waals surface area contributed by atoms with Crippen molar-refractivity contribution < 1.29 is 31.5 Å². The molecule has 0 saturated carbocycles. The second kappa shape index (κ2) is 8.66. The molecule has 0 heterocycles. The Morgan fingerprint density at radius 3 is 1.94 bits per heavy atom. The molecule has 0 atom stereocenters. The number of carboxylic acids is 1. The number of halogens is 3. The predicted molar refractivity (Wildman–Crippen MR) is 115 cm³/mol. The quantitative estimate of drug-likeness (QED) is 0.517. The predicted octanol–water partition coefficient (Wildman–Crippen LogP) is 5.59. The Balaban J connectivity index is 1.93. The van der Waals surface area contributed by atoms with E-state index in [-0.39, 0.29) is 17.0 Å². The number of nitrogens with zero attached hydrogens (tertiary/aromatic N) is 1. The van der Waals surface area contributed by atoms with E-state index in [2.05, 4.69) is 0 Å². The molecule has 0 aliphatic heterocycles. The van der Waals surface area contributed by atoms with Crippen molar-refractivity contribution in [3.63, 3.8) is 0 Å². The molecule has 0 amide bonds. The first kappa shape index (κ1) is 23.3. The molecule has 0 aliphatic rings. The minimum absolute atomic E-state index is 0.0955. The zero-order valence-electron chi connectivity index (χ0n) is 17.2. The van der Waals surface area contributed by atoms with E-state index in [9.17, 15) is 31.5 Å². The molecule has 0 saturated heterocycles. The summed E-state index contributed by atoms with van der Waals surface area (Å²) in [6.45, 7) is 3.32. The molecule has 3 aromatic carbocycles. The molecule has 9 heteroatoms. The Hall–Kier alpha value is -3.33. The molecule has 32 heavy (non-hydrogen) atoms. The number of sulfonamides is 1. The van der Waals surface area contributed by atoms with Gasteiger partial charge in [0.25, 0.3) is 10.0 Å². The standard InChI is InChI=1S/C23H20F3NO4S/c1-3-27(32(30,31)20-13-4-15(2)21(14-20)22(28)29)19-11-7-17(8-12-19)16-5-9-18(10-6-16)23(24,25)26/h4-14H,3H2,1-2H3,(H,28,29). The van der Waals surface area contributed by atoms with Crippen molar-refractivity contribution >= 4 is 21.7 Å². The molecule has 0 bridgehead atoms. The Bertz CT molecular complexity index is 1240. The normalized spacial score (nSPS) is 11.9. The van der Waals surface area contributed by atoms with E-state index < -0.39 is 27.7 Å². The summed E-state index contributed by atoms with van der Waals surface area (Å²) in [5, 5.41) is 9.30. The second-order valence-corrected chi connectivity index (χ2v) is 8.94. The summed E-state index contributed by atoms with van der Waals surface area (Å²) in [6.07, 6.45) is -4.42. The first-order valence-electron chi connectivity index (χ1n) is 9.59. The van der Waals surface area contributed by atoms with Crippen LogP contribution >= 0.6 is 0 Å². The van der Waals surface area contributed by atoms with Gasteiger partial charge in [-0.15, -0.1) is 0 Å². The van der Waals surface area contributed by atoms with Crippen molar-refractivity contribution in [3.8, 4) is 11.1 Å². The number of carboxylic acid groups (broad SMARTS) is 1. The van der Waals surface area contributed by atoms with Gasteiger partial charge in [-0.05, 0) is 66.9 Å². The van der Waals surface area contributed by atoms with Gasteiger partial charge in [-0.3, -0.25) is 4.31 Å². The fraction of sp³-hybridized carbons (Fsp3) is 0.174. The van der Waals surface area contributed by atoms with Crippen molar-refractivity contribution in [3.05, 3.63) is 83.4 Å². The monoisotopic (exact) mass is 463 g/mol. The molecular weight excluding hydrogens is 443 g/mol. The van der Waals surface area contributed by atoms with Crippen LogP contribution in [0.4, 0.5) is 18.9 Å². The first-order chi connectivity index (χ1) is 14.9. The van der Waals surface area contributed by atoms with Gasteiger partial charge in [0.05, 0.1) is 21.7 Å². The Morgan fingerprint density at radius 1 is 0.938 bits per heavy atom. The lowest BCUT2D eigenvalue weighted by Crippen LogP contribution is -2.31. The molecule has 5 nitrogen and oxygen atoms in total. The zero-order chi connectivity index (χ0) is 23.7. The van der Waals surface area contributed by atoms with Crippen LogP contribution in [0.1, 0.15) is 28.4 Å². The minimum atomic E-state index is -4.42. The maximum absolute atomic E-state index is 13.2. The molecule has 0 radical (unpaired) electrons. The lowest BCUT2D eigenvalue weighted by Gasteiger charge is -2.23. The highest BCUT2D eigenvalue weighted by atomic mass is 32.2.